The van der Waals surface area contributed by atoms with E-state index in [9.17, 15) is 18.3 Å². The molecule has 112 valence electrons. The van der Waals surface area contributed by atoms with E-state index in [1.807, 2.05) is 0 Å². The van der Waals surface area contributed by atoms with Crippen LogP contribution in [-0.4, -0.2) is 19.9 Å². The Hall–Kier alpha value is -1.41. The van der Waals surface area contributed by atoms with Crippen LogP contribution in [0, 0.1) is 0 Å². The molecule has 1 saturated carbocycles. The molecule has 1 fully saturated rings. The van der Waals surface area contributed by atoms with Gasteiger partial charge in [0.15, 0.2) is 11.6 Å². The number of aliphatic hydroxyl groups is 1. The van der Waals surface area contributed by atoms with Gasteiger partial charge >= 0.3 is 6.18 Å². The summed E-state index contributed by atoms with van der Waals surface area (Å²) in [5, 5.41) is 17.1. The summed E-state index contributed by atoms with van der Waals surface area (Å²) in [6.07, 6.45) is -2.61. The van der Waals surface area contributed by atoms with E-state index in [4.69, 9.17) is 0 Å². The minimum atomic E-state index is -4.45. The Balaban J connectivity index is 2.11. The number of hydrogen-bond acceptors (Lipinski definition) is 3. The standard InChI is InChI=1S/C13H11BrF3N3O/c14-10-4-1-7(5-9(10)13(15,16)17)12-19-18-11(6-21)20(12)8-2-3-8/h1,4-5,8,21H,2-3,6H2. The number of alkyl halides is 3. The average molecular weight is 362 g/mol. The van der Waals surface area contributed by atoms with Crippen molar-refractivity contribution < 1.29 is 18.3 Å². The first kappa shape index (κ1) is 14.5. The molecule has 3 rings (SSSR count). The molecule has 0 saturated heterocycles. The summed E-state index contributed by atoms with van der Waals surface area (Å²) in [6, 6.07) is 4.12. The summed E-state index contributed by atoms with van der Waals surface area (Å²) in [6.45, 7) is -0.286. The second-order valence-electron chi connectivity index (χ2n) is 4.89. The molecule has 2 aromatic rings. The molecular formula is C13H11BrF3N3O. The summed E-state index contributed by atoms with van der Waals surface area (Å²) in [7, 11) is 0. The van der Waals surface area contributed by atoms with Crippen molar-refractivity contribution in [3.05, 3.63) is 34.1 Å². The van der Waals surface area contributed by atoms with Gasteiger partial charge in [-0.3, -0.25) is 0 Å². The molecule has 0 radical (unpaired) electrons. The zero-order chi connectivity index (χ0) is 15.2. The molecule has 1 N–H and O–H groups in total. The molecule has 1 aliphatic carbocycles. The fraction of sp³-hybridized carbons (Fsp3) is 0.385. The van der Waals surface area contributed by atoms with E-state index in [0.717, 1.165) is 18.9 Å². The number of hydrogen-bond donors (Lipinski definition) is 1. The highest BCUT2D eigenvalue weighted by Gasteiger charge is 2.34. The third kappa shape index (κ3) is 2.69. The van der Waals surface area contributed by atoms with Crippen LogP contribution in [0.1, 0.15) is 30.3 Å². The van der Waals surface area contributed by atoms with Crippen LogP contribution in [-0.2, 0) is 12.8 Å². The average Bonchev–Trinajstić information content (AvgIpc) is 3.17. The van der Waals surface area contributed by atoms with Gasteiger partial charge < -0.3 is 9.67 Å². The lowest BCUT2D eigenvalue weighted by molar-refractivity contribution is -0.138. The third-order valence-electron chi connectivity index (χ3n) is 3.35. The van der Waals surface area contributed by atoms with Gasteiger partial charge in [-0.15, -0.1) is 10.2 Å². The van der Waals surface area contributed by atoms with Crippen molar-refractivity contribution in [1.82, 2.24) is 14.8 Å². The molecule has 0 bridgehead atoms. The van der Waals surface area contributed by atoms with Gasteiger partial charge in [-0.2, -0.15) is 13.2 Å². The Bertz CT molecular complexity index is 680. The second-order valence-corrected chi connectivity index (χ2v) is 5.75. The van der Waals surface area contributed by atoms with E-state index in [-0.39, 0.29) is 17.1 Å². The monoisotopic (exact) mass is 361 g/mol. The van der Waals surface area contributed by atoms with Crippen LogP contribution in [0.4, 0.5) is 13.2 Å². The summed E-state index contributed by atoms with van der Waals surface area (Å²) >= 11 is 2.91. The maximum Gasteiger partial charge on any atom is 0.417 e. The fourth-order valence-electron chi connectivity index (χ4n) is 2.23. The number of benzene rings is 1. The maximum atomic E-state index is 13.0. The molecule has 0 spiro atoms. The second kappa shape index (κ2) is 5.10. The topological polar surface area (TPSA) is 50.9 Å². The minimum absolute atomic E-state index is 0.0152. The van der Waals surface area contributed by atoms with E-state index in [2.05, 4.69) is 26.1 Å². The highest BCUT2D eigenvalue weighted by Crippen LogP contribution is 2.41. The first-order valence-corrected chi connectivity index (χ1v) is 7.13. The molecule has 4 nitrogen and oxygen atoms in total. The largest absolute Gasteiger partial charge is 0.417 e. The van der Waals surface area contributed by atoms with Crippen LogP contribution in [0.15, 0.2) is 22.7 Å². The Morgan fingerprint density at radius 1 is 1.29 bits per heavy atom. The molecule has 1 aromatic carbocycles. The first-order valence-electron chi connectivity index (χ1n) is 6.33. The van der Waals surface area contributed by atoms with Gasteiger partial charge in [-0.25, -0.2) is 0 Å². The van der Waals surface area contributed by atoms with Crippen molar-refractivity contribution in [2.45, 2.75) is 31.7 Å². The molecule has 1 aromatic heterocycles. The molecule has 1 aliphatic rings. The fourth-order valence-corrected chi connectivity index (χ4v) is 2.70. The van der Waals surface area contributed by atoms with E-state index < -0.39 is 11.7 Å². The summed E-state index contributed by atoms with van der Waals surface area (Å²) in [5.74, 6) is 0.739. The quantitative estimate of drug-likeness (QED) is 0.909. The van der Waals surface area contributed by atoms with Gasteiger partial charge in [-0.05, 0) is 25.0 Å². The van der Waals surface area contributed by atoms with Crippen LogP contribution in [0.5, 0.6) is 0 Å². The van der Waals surface area contributed by atoms with Crippen molar-refractivity contribution >= 4 is 15.9 Å². The predicted molar refractivity (Wildman–Crippen MR) is 72.4 cm³/mol. The van der Waals surface area contributed by atoms with Crippen molar-refractivity contribution in [3.63, 3.8) is 0 Å². The van der Waals surface area contributed by atoms with Gasteiger partial charge in [0.1, 0.15) is 6.61 Å². The van der Waals surface area contributed by atoms with Crippen molar-refractivity contribution in [2.24, 2.45) is 0 Å². The molecule has 0 unspecified atom stereocenters. The van der Waals surface area contributed by atoms with Gasteiger partial charge in [0.05, 0.1) is 5.56 Å². The van der Waals surface area contributed by atoms with E-state index in [0.29, 0.717) is 17.2 Å². The Kier molecular flexibility index (Phi) is 3.53. The third-order valence-corrected chi connectivity index (χ3v) is 4.04. The van der Waals surface area contributed by atoms with Gasteiger partial charge in [0, 0.05) is 16.1 Å². The lowest BCUT2D eigenvalue weighted by atomic mass is 10.1. The SMILES string of the molecule is OCc1nnc(-c2ccc(Br)c(C(F)(F)F)c2)n1C1CC1. The van der Waals surface area contributed by atoms with Gasteiger partial charge in [0.2, 0.25) is 0 Å². The highest BCUT2D eigenvalue weighted by atomic mass is 79.9. The van der Waals surface area contributed by atoms with Gasteiger partial charge in [0.25, 0.3) is 0 Å². The zero-order valence-corrected chi connectivity index (χ0v) is 12.3. The highest BCUT2D eigenvalue weighted by molar-refractivity contribution is 9.10. The maximum absolute atomic E-state index is 13.0. The van der Waals surface area contributed by atoms with Crippen LogP contribution < -0.4 is 0 Å². The summed E-state index contributed by atoms with van der Waals surface area (Å²) < 4.78 is 40.6. The number of aliphatic hydroxyl groups excluding tert-OH is 1. The molecule has 0 aliphatic heterocycles. The molecule has 8 heteroatoms. The lowest BCUT2D eigenvalue weighted by Crippen LogP contribution is -2.07. The predicted octanol–water partition coefficient (Wildman–Crippen LogP) is 3.55. The number of rotatable bonds is 3. The number of nitrogens with zero attached hydrogens (tertiary/aromatic N) is 3. The van der Waals surface area contributed by atoms with Crippen molar-refractivity contribution in [3.8, 4) is 11.4 Å². The smallest absolute Gasteiger partial charge is 0.388 e. The molecule has 1 heterocycles. The van der Waals surface area contributed by atoms with E-state index in [1.165, 1.54) is 6.07 Å². The summed E-state index contributed by atoms with van der Waals surface area (Å²) in [5.41, 5.74) is -0.416. The van der Waals surface area contributed by atoms with Crippen LogP contribution >= 0.6 is 15.9 Å². The molecular weight excluding hydrogens is 351 g/mol. The van der Waals surface area contributed by atoms with Gasteiger partial charge in [-0.1, -0.05) is 22.0 Å². The van der Waals surface area contributed by atoms with E-state index in [1.54, 1.807) is 10.6 Å². The van der Waals surface area contributed by atoms with Crippen LogP contribution in [0.2, 0.25) is 0 Å². The van der Waals surface area contributed by atoms with Crippen molar-refractivity contribution in [2.75, 3.05) is 0 Å². The van der Waals surface area contributed by atoms with Crippen LogP contribution in [0.3, 0.4) is 0 Å². The summed E-state index contributed by atoms with van der Waals surface area (Å²) in [4.78, 5) is 0. The molecule has 21 heavy (non-hydrogen) atoms. The Labute approximate surface area is 126 Å². The first-order chi connectivity index (χ1) is 9.91. The zero-order valence-electron chi connectivity index (χ0n) is 10.7. The lowest BCUT2D eigenvalue weighted by Gasteiger charge is -2.12. The number of aromatic nitrogens is 3. The van der Waals surface area contributed by atoms with Crippen molar-refractivity contribution in [1.29, 1.82) is 0 Å². The number of halogens is 4. The van der Waals surface area contributed by atoms with Crippen LogP contribution in [0.25, 0.3) is 11.4 Å². The Morgan fingerprint density at radius 3 is 2.57 bits per heavy atom. The van der Waals surface area contributed by atoms with E-state index >= 15 is 0 Å². The normalized spacial score (nSPS) is 15.5. The minimum Gasteiger partial charge on any atom is -0.388 e. The molecule has 0 atom stereocenters. The Morgan fingerprint density at radius 2 is 2.00 bits per heavy atom. The molecule has 0 amide bonds.